The van der Waals surface area contributed by atoms with Crippen LogP contribution in [-0.4, -0.2) is 17.2 Å². The predicted octanol–water partition coefficient (Wildman–Crippen LogP) is 3.02. The highest BCUT2D eigenvalue weighted by Gasteiger charge is 2.11. The predicted molar refractivity (Wildman–Crippen MR) is 76.5 cm³/mol. The lowest BCUT2D eigenvalue weighted by atomic mass is 10.1. The van der Waals surface area contributed by atoms with Gasteiger partial charge in [-0.25, -0.2) is 4.39 Å². The number of aromatic nitrogens is 2. The molecule has 114 valence electrons. The summed E-state index contributed by atoms with van der Waals surface area (Å²) in [5.74, 6) is 1.20. The van der Waals surface area contributed by atoms with Gasteiger partial charge in [-0.15, -0.1) is 0 Å². The maximum atomic E-state index is 13.9. The Morgan fingerprint density at radius 3 is 2.90 bits per heavy atom. The quantitative estimate of drug-likeness (QED) is 0.850. The van der Waals surface area contributed by atoms with E-state index in [0.29, 0.717) is 23.0 Å². The molecule has 0 amide bonds. The minimum Gasteiger partial charge on any atom is -0.484 e. The first-order valence-electron chi connectivity index (χ1n) is 7.05. The maximum absolute atomic E-state index is 13.9. The van der Waals surface area contributed by atoms with Crippen molar-refractivity contribution >= 4 is 0 Å². The van der Waals surface area contributed by atoms with Crippen LogP contribution < -0.4 is 10.1 Å². The van der Waals surface area contributed by atoms with Gasteiger partial charge in [0, 0.05) is 24.1 Å². The molecule has 2 aromatic rings. The van der Waals surface area contributed by atoms with E-state index in [9.17, 15) is 4.39 Å². The molecule has 0 bridgehead atoms. The lowest BCUT2D eigenvalue weighted by molar-refractivity contribution is 0.241. The zero-order chi connectivity index (χ0) is 15.2. The molecule has 1 aromatic carbocycles. The fourth-order valence-electron chi connectivity index (χ4n) is 1.92. The van der Waals surface area contributed by atoms with Crippen molar-refractivity contribution in [3.63, 3.8) is 0 Å². The molecular weight excluding hydrogens is 273 g/mol. The van der Waals surface area contributed by atoms with E-state index in [1.54, 1.807) is 19.2 Å². The summed E-state index contributed by atoms with van der Waals surface area (Å²) in [5.41, 5.74) is 0.605. The van der Waals surface area contributed by atoms with Gasteiger partial charge >= 0.3 is 0 Å². The number of hydrogen-bond donors (Lipinski definition) is 1. The second kappa shape index (κ2) is 7.17. The van der Waals surface area contributed by atoms with Crippen LogP contribution in [0.15, 0.2) is 22.7 Å². The molecule has 0 aliphatic heterocycles. The highest BCUT2D eigenvalue weighted by molar-refractivity contribution is 5.30. The molecule has 0 fully saturated rings. The molecule has 0 aliphatic rings. The molecule has 1 atom stereocenters. The highest BCUT2D eigenvalue weighted by Crippen LogP contribution is 2.22. The number of hydrogen-bond acceptors (Lipinski definition) is 5. The maximum Gasteiger partial charge on any atom is 0.264 e. The van der Waals surface area contributed by atoms with Gasteiger partial charge in [-0.1, -0.05) is 18.1 Å². The standard InChI is InChI=1S/C15H20FN3O2/c1-4-5-14-18-15(21-19-14)9-20-11-6-7-12(10(2)17-3)13(16)8-11/h6-8,10,17H,4-5,9H2,1-3H3. The van der Waals surface area contributed by atoms with Crippen molar-refractivity contribution < 1.29 is 13.7 Å². The first kappa shape index (κ1) is 15.4. The number of rotatable bonds is 7. The van der Waals surface area contributed by atoms with Crippen LogP contribution in [0.1, 0.15) is 43.6 Å². The number of nitrogens with zero attached hydrogens (tertiary/aromatic N) is 2. The molecule has 0 saturated heterocycles. The van der Waals surface area contributed by atoms with Crippen LogP contribution in [0.2, 0.25) is 0 Å². The Hall–Kier alpha value is -1.95. The number of benzene rings is 1. The number of ether oxygens (including phenoxy) is 1. The fourth-order valence-corrected chi connectivity index (χ4v) is 1.92. The molecule has 5 nitrogen and oxygen atoms in total. The third-order valence-corrected chi connectivity index (χ3v) is 3.22. The van der Waals surface area contributed by atoms with Crippen molar-refractivity contribution in [3.05, 3.63) is 41.3 Å². The Labute approximate surface area is 123 Å². The minimum absolute atomic E-state index is 0.0495. The summed E-state index contributed by atoms with van der Waals surface area (Å²) < 4.78 is 24.5. The Morgan fingerprint density at radius 2 is 2.24 bits per heavy atom. The van der Waals surface area contributed by atoms with Crippen LogP contribution in [-0.2, 0) is 13.0 Å². The molecule has 6 heteroatoms. The zero-order valence-corrected chi connectivity index (χ0v) is 12.5. The molecule has 1 unspecified atom stereocenters. The van der Waals surface area contributed by atoms with Gasteiger partial charge in [0.05, 0.1) is 0 Å². The van der Waals surface area contributed by atoms with E-state index in [2.05, 4.69) is 15.5 Å². The van der Waals surface area contributed by atoms with Crippen LogP contribution in [0.3, 0.4) is 0 Å². The third-order valence-electron chi connectivity index (χ3n) is 3.22. The van der Waals surface area contributed by atoms with E-state index >= 15 is 0 Å². The van der Waals surface area contributed by atoms with Gasteiger partial charge in [-0.2, -0.15) is 4.98 Å². The van der Waals surface area contributed by atoms with Crippen LogP contribution >= 0.6 is 0 Å². The summed E-state index contributed by atoms with van der Waals surface area (Å²) in [6.45, 7) is 4.08. The van der Waals surface area contributed by atoms with Crippen molar-refractivity contribution in [2.45, 2.75) is 39.3 Å². The molecule has 21 heavy (non-hydrogen) atoms. The lowest BCUT2D eigenvalue weighted by Crippen LogP contribution is -2.13. The number of nitrogens with one attached hydrogen (secondary N) is 1. The van der Waals surface area contributed by atoms with Gasteiger partial charge in [-0.05, 0) is 26.5 Å². The summed E-state index contributed by atoms with van der Waals surface area (Å²) in [5, 5.41) is 6.84. The molecule has 1 heterocycles. The lowest BCUT2D eigenvalue weighted by Gasteiger charge is -2.12. The van der Waals surface area contributed by atoms with E-state index < -0.39 is 0 Å². The van der Waals surface area contributed by atoms with Crippen LogP contribution in [0.5, 0.6) is 5.75 Å². The summed E-state index contributed by atoms with van der Waals surface area (Å²) in [4.78, 5) is 4.19. The number of aryl methyl sites for hydroxylation is 1. The SMILES string of the molecule is CCCc1noc(COc2ccc(C(C)NC)c(F)c2)n1. The van der Waals surface area contributed by atoms with Crippen molar-refractivity contribution in [2.24, 2.45) is 0 Å². The minimum atomic E-state index is -0.299. The fraction of sp³-hybridized carbons (Fsp3) is 0.467. The Balaban J connectivity index is 1.98. The highest BCUT2D eigenvalue weighted by atomic mass is 19.1. The van der Waals surface area contributed by atoms with E-state index in [-0.39, 0.29) is 18.5 Å². The molecule has 1 aromatic heterocycles. The second-order valence-electron chi connectivity index (χ2n) is 4.84. The largest absolute Gasteiger partial charge is 0.484 e. The first-order chi connectivity index (χ1) is 10.1. The molecule has 2 rings (SSSR count). The molecule has 0 aliphatic carbocycles. The van der Waals surface area contributed by atoms with Crippen molar-refractivity contribution in [3.8, 4) is 5.75 Å². The van der Waals surface area contributed by atoms with Gasteiger partial charge in [0.15, 0.2) is 12.4 Å². The van der Waals surface area contributed by atoms with Gasteiger partial charge < -0.3 is 14.6 Å². The van der Waals surface area contributed by atoms with Crippen molar-refractivity contribution in [1.82, 2.24) is 15.5 Å². The summed E-state index contributed by atoms with van der Waals surface area (Å²) in [6, 6.07) is 4.76. The van der Waals surface area contributed by atoms with E-state index in [1.165, 1.54) is 6.07 Å². The van der Waals surface area contributed by atoms with Crippen LogP contribution in [0.4, 0.5) is 4.39 Å². The van der Waals surface area contributed by atoms with Crippen molar-refractivity contribution in [1.29, 1.82) is 0 Å². The van der Waals surface area contributed by atoms with E-state index in [1.807, 2.05) is 13.8 Å². The molecule has 1 N–H and O–H groups in total. The second-order valence-corrected chi connectivity index (χ2v) is 4.84. The molecule has 0 radical (unpaired) electrons. The Morgan fingerprint density at radius 1 is 1.43 bits per heavy atom. The van der Waals surface area contributed by atoms with Gasteiger partial charge in [0.2, 0.25) is 0 Å². The van der Waals surface area contributed by atoms with E-state index in [0.717, 1.165) is 12.8 Å². The number of halogens is 1. The van der Waals surface area contributed by atoms with Crippen molar-refractivity contribution in [2.75, 3.05) is 7.05 Å². The van der Waals surface area contributed by atoms with Crippen LogP contribution in [0, 0.1) is 5.82 Å². The summed E-state index contributed by atoms with van der Waals surface area (Å²) >= 11 is 0. The normalized spacial score (nSPS) is 12.4. The first-order valence-corrected chi connectivity index (χ1v) is 7.05. The van der Waals surface area contributed by atoms with E-state index in [4.69, 9.17) is 9.26 Å². The van der Waals surface area contributed by atoms with Gasteiger partial charge in [0.1, 0.15) is 11.6 Å². The zero-order valence-electron chi connectivity index (χ0n) is 12.5. The molecular formula is C15H20FN3O2. The Bertz CT molecular complexity index is 586. The smallest absolute Gasteiger partial charge is 0.264 e. The summed E-state index contributed by atoms with van der Waals surface area (Å²) in [6.07, 6.45) is 1.73. The summed E-state index contributed by atoms with van der Waals surface area (Å²) in [7, 11) is 1.79. The monoisotopic (exact) mass is 293 g/mol. The third kappa shape index (κ3) is 4.01. The van der Waals surface area contributed by atoms with Gasteiger partial charge in [0.25, 0.3) is 5.89 Å². The van der Waals surface area contributed by atoms with Crippen LogP contribution in [0.25, 0.3) is 0 Å². The average Bonchev–Trinajstić information content (AvgIpc) is 2.92. The topological polar surface area (TPSA) is 60.2 Å². The molecule has 0 spiro atoms. The average molecular weight is 293 g/mol. The Kier molecular flexibility index (Phi) is 5.27. The van der Waals surface area contributed by atoms with Gasteiger partial charge in [-0.3, -0.25) is 0 Å². The molecule has 0 saturated carbocycles.